The van der Waals surface area contributed by atoms with Crippen molar-refractivity contribution in [2.45, 2.75) is 25.8 Å². The van der Waals surface area contributed by atoms with Crippen LogP contribution in [-0.2, 0) is 9.53 Å². The van der Waals surface area contributed by atoms with Gasteiger partial charge in [0.15, 0.2) is 0 Å². The number of rotatable bonds is 4. The Hall–Kier alpha value is -1.47. The van der Waals surface area contributed by atoms with E-state index in [1.807, 2.05) is 6.92 Å². The molecule has 2 heterocycles. The van der Waals surface area contributed by atoms with Crippen LogP contribution in [0.25, 0.3) is 0 Å². The van der Waals surface area contributed by atoms with Crippen molar-refractivity contribution in [3.05, 3.63) is 12.2 Å². The van der Waals surface area contributed by atoms with Crippen LogP contribution < -0.4 is 11.1 Å². The van der Waals surface area contributed by atoms with Crippen LogP contribution in [0.5, 0.6) is 0 Å². The molecule has 0 saturated carbocycles. The summed E-state index contributed by atoms with van der Waals surface area (Å²) in [5, 5.41) is 9.45. The molecule has 0 radical (unpaired) electrons. The predicted molar refractivity (Wildman–Crippen MR) is 64.5 cm³/mol. The fraction of sp³-hybridized carbons (Fsp3) is 0.727. The number of ether oxygens (including phenoxy) is 1. The summed E-state index contributed by atoms with van der Waals surface area (Å²) in [6, 6.07) is -0.203. The second-order valence-electron chi connectivity index (χ2n) is 4.66. The summed E-state index contributed by atoms with van der Waals surface area (Å²) in [6.45, 7) is 3.37. The summed E-state index contributed by atoms with van der Waals surface area (Å²) in [4.78, 5) is 16.4. The van der Waals surface area contributed by atoms with Crippen molar-refractivity contribution in [3.8, 4) is 0 Å². The minimum absolute atomic E-state index is 0.0304. The molecule has 1 atom stereocenters. The highest BCUT2D eigenvalue weighted by Gasteiger charge is 2.39. The predicted octanol–water partition coefficient (Wildman–Crippen LogP) is -0.263. The molecule has 1 fully saturated rings. The van der Waals surface area contributed by atoms with Crippen LogP contribution >= 0.6 is 0 Å². The maximum Gasteiger partial charge on any atom is 0.228 e. The first-order valence-corrected chi connectivity index (χ1v) is 6.12. The van der Waals surface area contributed by atoms with Gasteiger partial charge in [-0.1, -0.05) is 0 Å². The molecular weight excluding hydrogens is 234 g/mol. The van der Waals surface area contributed by atoms with Gasteiger partial charge in [-0.3, -0.25) is 9.89 Å². The average Bonchev–Trinajstić information content (AvgIpc) is 2.93. The Labute approximate surface area is 105 Å². The largest absolute Gasteiger partial charge is 0.381 e. The number of nitrogens with one attached hydrogen (secondary N) is 2. The lowest BCUT2D eigenvalue weighted by Crippen LogP contribution is -2.49. The molecule has 100 valence electrons. The van der Waals surface area contributed by atoms with E-state index in [9.17, 15) is 4.79 Å². The van der Waals surface area contributed by atoms with E-state index in [0.29, 0.717) is 38.4 Å². The molecule has 1 amide bonds. The van der Waals surface area contributed by atoms with Gasteiger partial charge in [-0.05, 0) is 19.8 Å². The van der Waals surface area contributed by atoms with E-state index in [-0.39, 0.29) is 11.9 Å². The van der Waals surface area contributed by atoms with Crippen molar-refractivity contribution >= 4 is 5.91 Å². The molecule has 4 N–H and O–H groups in total. The summed E-state index contributed by atoms with van der Waals surface area (Å²) >= 11 is 0. The van der Waals surface area contributed by atoms with E-state index >= 15 is 0 Å². The summed E-state index contributed by atoms with van der Waals surface area (Å²) in [5.74, 6) is 0.611. The molecular formula is C11H19N5O2. The number of aromatic nitrogens is 3. The van der Waals surface area contributed by atoms with Gasteiger partial charge in [0.05, 0.1) is 11.5 Å². The van der Waals surface area contributed by atoms with Gasteiger partial charge in [-0.15, -0.1) is 0 Å². The van der Waals surface area contributed by atoms with Gasteiger partial charge in [0.1, 0.15) is 12.2 Å². The molecule has 18 heavy (non-hydrogen) atoms. The Balaban J connectivity index is 2.01. The van der Waals surface area contributed by atoms with Gasteiger partial charge in [-0.2, -0.15) is 5.10 Å². The monoisotopic (exact) mass is 253 g/mol. The van der Waals surface area contributed by atoms with Gasteiger partial charge < -0.3 is 15.8 Å². The lowest BCUT2D eigenvalue weighted by Gasteiger charge is -2.35. The Morgan fingerprint density at radius 3 is 2.94 bits per heavy atom. The van der Waals surface area contributed by atoms with Gasteiger partial charge in [-0.25, -0.2) is 4.98 Å². The van der Waals surface area contributed by atoms with Crippen molar-refractivity contribution in [3.63, 3.8) is 0 Å². The summed E-state index contributed by atoms with van der Waals surface area (Å²) in [6.07, 6.45) is 2.75. The number of amides is 1. The average molecular weight is 253 g/mol. The number of H-pyrrole nitrogens is 1. The highest BCUT2D eigenvalue weighted by Crippen LogP contribution is 2.30. The normalized spacial score (nSPS) is 20.3. The molecule has 7 heteroatoms. The number of nitrogens with two attached hydrogens (primary N) is 1. The third-order valence-corrected chi connectivity index (χ3v) is 3.51. The van der Waals surface area contributed by atoms with Crippen LogP contribution in [0.4, 0.5) is 0 Å². The summed E-state index contributed by atoms with van der Waals surface area (Å²) in [7, 11) is 0. The fourth-order valence-corrected chi connectivity index (χ4v) is 2.13. The zero-order valence-electron chi connectivity index (χ0n) is 10.5. The van der Waals surface area contributed by atoms with Crippen LogP contribution in [-0.4, -0.2) is 40.8 Å². The van der Waals surface area contributed by atoms with E-state index in [1.165, 1.54) is 6.33 Å². The summed E-state index contributed by atoms with van der Waals surface area (Å²) < 4.78 is 5.29. The quantitative estimate of drug-likeness (QED) is 0.685. The zero-order chi connectivity index (χ0) is 13.0. The van der Waals surface area contributed by atoms with Crippen LogP contribution in [0.3, 0.4) is 0 Å². The topological polar surface area (TPSA) is 106 Å². The van der Waals surface area contributed by atoms with E-state index in [2.05, 4.69) is 20.5 Å². The fourth-order valence-electron chi connectivity index (χ4n) is 2.13. The molecule has 0 aliphatic carbocycles. The minimum atomic E-state index is -0.507. The summed E-state index contributed by atoms with van der Waals surface area (Å²) in [5.41, 5.74) is 5.27. The molecule has 2 rings (SSSR count). The van der Waals surface area contributed by atoms with E-state index < -0.39 is 5.41 Å². The number of carbonyl (C=O) groups is 1. The van der Waals surface area contributed by atoms with Crippen LogP contribution in [0, 0.1) is 5.41 Å². The molecule has 0 bridgehead atoms. The maximum absolute atomic E-state index is 12.3. The van der Waals surface area contributed by atoms with Gasteiger partial charge in [0.2, 0.25) is 5.91 Å². The molecule has 1 aromatic rings. The molecule has 0 aromatic carbocycles. The van der Waals surface area contributed by atoms with Gasteiger partial charge in [0, 0.05) is 19.8 Å². The van der Waals surface area contributed by atoms with Crippen LogP contribution in [0.1, 0.15) is 31.6 Å². The zero-order valence-corrected chi connectivity index (χ0v) is 10.5. The van der Waals surface area contributed by atoms with Crippen molar-refractivity contribution < 1.29 is 9.53 Å². The van der Waals surface area contributed by atoms with Gasteiger partial charge in [0.25, 0.3) is 0 Å². The van der Waals surface area contributed by atoms with Crippen molar-refractivity contribution in [1.82, 2.24) is 20.5 Å². The smallest absolute Gasteiger partial charge is 0.228 e. The van der Waals surface area contributed by atoms with Crippen LogP contribution in [0.15, 0.2) is 6.33 Å². The molecule has 7 nitrogen and oxygen atoms in total. The lowest BCUT2D eigenvalue weighted by molar-refractivity contribution is -0.136. The number of hydrogen-bond acceptors (Lipinski definition) is 5. The van der Waals surface area contributed by atoms with Gasteiger partial charge >= 0.3 is 0 Å². The first-order chi connectivity index (χ1) is 8.68. The van der Waals surface area contributed by atoms with Crippen molar-refractivity contribution in [1.29, 1.82) is 0 Å². The maximum atomic E-state index is 12.3. The van der Waals surface area contributed by atoms with E-state index in [4.69, 9.17) is 10.5 Å². The second-order valence-corrected chi connectivity index (χ2v) is 4.66. The molecule has 1 aliphatic heterocycles. The Morgan fingerprint density at radius 2 is 2.39 bits per heavy atom. The lowest BCUT2D eigenvalue weighted by atomic mass is 9.79. The third-order valence-electron chi connectivity index (χ3n) is 3.51. The molecule has 0 spiro atoms. The highest BCUT2D eigenvalue weighted by molar-refractivity contribution is 5.83. The van der Waals surface area contributed by atoms with Crippen molar-refractivity contribution in [2.75, 3.05) is 19.8 Å². The standard InChI is InChI=1S/C11H19N5O2/c1-8(9-13-7-14-16-9)15-10(17)11(6-12)2-4-18-5-3-11/h7-8H,2-6,12H2,1H3,(H,15,17)(H,13,14,16). The van der Waals surface area contributed by atoms with Crippen molar-refractivity contribution in [2.24, 2.45) is 11.1 Å². The first kappa shape index (κ1) is 13.0. The highest BCUT2D eigenvalue weighted by atomic mass is 16.5. The number of carbonyl (C=O) groups excluding carboxylic acids is 1. The third kappa shape index (κ3) is 2.51. The minimum Gasteiger partial charge on any atom is -0.381 e. The first-order valence-electron chi connectivity index (χ1n) is 6.12. The van der Waals surface area contributed by atoms with Crippen LogP contribution in [0.2, 0.25) is 0 Å². The number of aromatic amines is 1. The SMILES string of the molecule is CC(NC(=O)C1(CN)CCOCC1)c1ncn[nH]1. The number of hydrogen-bond donors (Lipinski definition) is 3. The Morgan fingerprint density at radius 1 is 1.67 bits per heavy atom. The Kier molecular flexibility index (Phi) is 3.93. The molecule has 1 aromatic heterocycles. The number of nitrogens with zero attached hydrogens (tertiary/aromatic N) is 2. The Bertz CT molecular complexity index is 386. The molecule has 1 aliphatic rings. The second kappa shape index (κ2) is 5.45. The molecule has 1 saturated heterocycles. The molecule has 1 unspecified atom stereocenters. The van der Waals surface area contributed by atoms with E-state index in [1.54, 1.807) is 0 Å². The van der Waals surface area contributed by atoms with E-state index in [0.717, 1.165) is 0 Å².